The molecule has 1 heterocycles. The minimum absolute atomic E-state index is 0.177. The second kappa shape index (κ2) is 7.51. The van der Waals surface area contributed by atoms with Crippen LogP contribution in [-0.2, 0) is 20.9 Å². The molecule has 2 saturated carbocycles. The van der Waals surface area contributed by atoms with Gasteiger partial charge in [-0.2, -0.15) is 0 Å². The quantitative estimate of drug-likeness (QED) is 0.775. The van der Waals surface area contributed by atoms with Crippen molar-refractivity contribution in [3.63, 3.8) is 0 Å². The van der Waals surface area contributed by atoms with Crippen LogP contribution >= 0.6 is 0 Å². The number of esters is 1. The molecule has 130 valence electrons. The molecule has 2 aliphatic rings. The zero-order valence-corrected chi connectivity index (χ0v) is 13.5. The van der Waals surface area contributed by atoms with E-state index in [9.17, 15) is 14.4 Å². The highest BCUT2D eigenvalue weighted by molar-refractivity contribution is 5.95. The molecule has 0 aromatic carbocycles. The molecule has 2 bridgehead atoms. The Bertz CT molecular complexity index is 598. The topological polar surface area (TPSA) is 97.6 Å². The van der Waals surface area contributed by atoms with Gasteiger partial charge >= 0.3 is 12.0 Å². The third-order valence-electron chi connectivity index (χ3n) is 4.93. The van der Waals surface area contributed by atoms with Crippen molar-refractivity contribution in [1.82, 2.24) is 10.6 Å². The van der Waals surface area contributed by atoms with Gasteiger partial charge < -0.3 is 14.5 Å². The van der Waals surface area contributed by atoms with Gasteiger partial charge in [0.1, 0.15) is 5.76 Å². The first-order valence-electron chi connectivity index (χ1n) is 8.36. The van der Waals surface area contributed by atoms with Gasteiger partial charge in [0.15, 0.2) is 6.61 Å². The van der Waals surface area contributed by atoms with Crippen LogP contribution < -0.4 is 10.6 Å². The maximum absolute atomic E-state index is 11.8. The molecule has 7 heteroatoms. The van der Waals surface area contributed by atoms with E-state index in [0.29, 0.717) is 24.0 Å². The van der Waals surface area contributed by atoms with Crippen LogP contribution in [0.3, 0.4) is 0 Å². The number of furan rings is 1. The molecule has 2 N–H and O–H groups in total. The van der Waals surface area contributed by atoms with Gasteiger partial charge in [-0.15, -0.1) is 0 Å². The number of nitrogens with one attached hydrogen (secondary N) is 2. The van der Waals surface area contributed by atoms with Crippen molar-refractivity contribution in [2.75, 3.05) is 6.61 Å². The van der Waals surface area contributed by atoms with Gasteiger partial charge in [-0.25, -0.2) is 4.79 Å². The Balaban J connectivity index is 1.30. The van der Waals surface area contributed by atoms with Crippen molar-refractivity contribution in [3.8, 4) is 0 Å². The summed E-state index contributed by atoms with van der Waals surface area (Å²) in [5, 5.41) is 4.59. The third kappa shape index (κ3) is 4.37. The summed E-state index contributed by atoms with van der Waals surface area (Å²) in [6.45, 7) is -0.260. The van der Waals surface area contributed by atoms with Crippen LogP contribution in [0.25, 0.3) is 0 Å². The van der Waals surface area contributed by atoms with Gasteiger partial charge in [-0.05, 0) is 49.1 Å². The lowest BCUT2D eigenvalue weighted by atomic mass is 9.86. The van der Waals surface area contributed by atoms with Crippen molar-refractivity contribution < 1.29 is 23.5 Å². The number of hydrogen-bond donors (Lipinski definition) is 2. The minimum Gasteiger partial charge on any atom is -0.467 e. The van der Waals surface area contributed by atoms with Crippen LogP contribution in [0.5, 0.6) is 0 Å². The molecule has 2 fully saturated rings. The number of rotatable bonds is 6. The van der Waals surface area contributed by atoms with E-state index in [4.69, 9.17) is 9.15 Å². The standard InChI is InChI=1S/C17H22N2O5/c20-15(19-17(22)18-9-14-2-1-5-23-14)10-24-16(21)8-13-7-11-3-4-12(13)6-11/h1-2,5,11-13H,3-4,6-10H2,(H2,18,19,20,22)/t11-,12+,13-/m0/s1. The molecule has 0 saturated heterocycles. The highest BCUT2D eigenvalue weighted by Crippen LogP contribution is 2.49. The van der Waals surface area contributed by atoms with Crippen LogP contribution in [0.2, 0.25) is 0 Å². The van der Waals surface area contributed by atoms with Crippen molar-refractivity contribution in [2.24, 2.45) is 17.8 Å². The maximum atomic E-state index is 11.8. The summed E-state index contributed by atoms with van der Waals surface area (Å²) in [6, 6.07) is 2.76. The van der Waals surface area contributed by atoms with Gasteiger partial charge in [0.2, 0.25) is 0 Å². The molecule has 0 radical (unpaired) electrons. The SMILES string of the molecule is O=C(COC(=O)C[C@@H]1C[C@H]2CC[C@@H]1C2)NC(=O)NCc1ccco1. The summed E-state index contributed by atoms with van der Waals surface area (Å²) >= 11 is 0. The van der Waals surface area contributed by atoms with Crippen LogP contribution in [0, 0.1) is 17.8 Å². The lowest BCUT2D eigenvalue weighted by Gasteiger charge is -2.20. The van der Waals surface area contributed by atoms with Gasteiger partial charge in [0.05, 0.1) is 12.8 Å². The lowest BCUT2D eigenvalue weighted by molar-refractivity contribution is -0.149. The monoisotopic (exact) mass is 334 g/mol. The molecule has 2 aliphatic carbocycles. The van der Waals surface area contributed by atoms with Gasteiger partial charge in [0, 0.05) is 6.42 Å². The first kappa shape index (κ1) is 16.5. The Hall–Kier alpha value is -2.31. The van der Waals surface area contributed by atoms with E-state index in [1.165, 1.54) is 25.5 Å². The number of ether oxygens (including phenoxy) is 1. The molecule has 24 heavy (non-hydrogen) atoms. The molecule has 3 atom stereocenters. The molecule has 1 aromatic heterocycles. The summed E-state index contributed by atoms with van der Waals surface area (Å²) in [7, 11) is 0. The van der Waals surface area contributed by atoms with E-state index in [1.54, 1.807) is 12.1 Å². The highest BCUT2D eigenvalue weighted by atomic mass is 16.5. The first-order chi connectivity index (χ1) is 11.6. The number of amides is 3. The van der Waals surface area contributed by atoms with Gasteiger partial charge in [-0.1, -0.05) is 6.42 Å². The van der Waals surface area contributed by atoms with Gasteiger partial charge in [0.25, 0.3) is 5.91 Å². The number of hydrogen-bond acceptors (Lipinski definition) is 5. The molecular weight excluding hydrogens is 312 g/mol. The van der Waals surface area contributed by atoms with Crippen molar-refractivity contribution in [3.05, 3.63) is 24.2 Å². The Morgan fingerprint density at radius 3 is 2.79 bits per heavy atom. The molecule has 0 spiro atoms. The van der Waals surface area contributed by atoms with Crippen LogP contribution in [-0.4, -0.2) is 24.5 Å². The third-order valence-corrected chi connectivity index (χ3v) is 4.93. The smallest absolute Gasteiger partial charge is 0.321 e. The van der Waals surface area contributed by atoms with E-state index in [1.807, 2.05) is 0 Å². The van der Waals surface area contributed by atoms with Crippen molar-refractivity contribution >= 4 is 17.9 Å². The van der Waals surface area contributed by atoms with E-state index in [0.717, 1.165) is 12.3 Å². The molecule has 3 amide bonds. The zero-order valence-electron chi connectivity index (χ0n) is 13.5. The predicted molar refractivity (Wildman–Crippen MR) is 83.6 cm³/mol. The fourth-order valence-corrected chi connectivity index (χ4v) is 3.83. The van der Waals surface area contributed by atoms with Crippen LogP contribution in [0.4, 0.5) is 4.79 Å². The molecule has 3 rings (SSSR count). The molecule has 0 aliphatic heterocycles. The minimum atomic E-state index is -0.652. The number of fused-ring (bicyclic) bond motifs is 2. The number of carbonyl (C=O) groups excluding carboxylic acids is 3. The van der Waals surface area contributed by atoms with Crippen LogP contribution in [0.15, 0.2) is 22.8 Å². The summed E-state index contributed by atoms with van der Waals surface area (Å²) in [6.07, 6.45) is 6.69. The fraction of sp³-hybridized carbons (Fsp3) is 0.588. The van der Waals surface area contributed by atoms with Crippen LogP contribution in [0.1, 0.15) is 37.9 Å². The molecule has 1 aromatic rings. The summed E-state index contributed by atoms with van der Waals surface area (Å²) in [5.41, 5.74) is 0. The summed E-state index contributed by atoms with van der Waals surface area (Å²) in [4.78, 5) is 35.0. The summed E-state index contributed by atoms with van der Waals surface area (Å²) in [5.74, 6) is 1.38. The fourth-order valence-electron chi connectivity index (χ4n) is 3.83. The van der Waals surface area contributed by atoms with Crippen molar-refractivity contribution in [1.29, 1.82) is 0 Å². The number of imide groups is 1. The average molecular weight is 334 g/mol. The lowest BCUT2D eigenvalue weighted by Crippen LogP contribution is -2.41. The molecule has 7 nitrogen and oxygen atoms in total. The van der Waals surface area contributed by atoms with E-state index in [-0.39, 0.29) is 12.5 Å². The van der Waals surface area contributed by atoms with E-state index < -0.39 is 18.5 Å². The number of carbonyl (C=O) groups is 3. The second-order valence-corrected chi connectivity index (χ2v) is 6.61. The zero-order chi connectivity index (χ0) is 16.9. The van der Waals surface area contributed by atoms with E-state index in [2.05, 4.69) is 10.6 Å². The largest absolute Gasteiger partial charge is 0.467 e. The predicted octanol–water partition coefficient (Wildman–Crippen LogP) is 1.97. The molecular formula is C17H22N2O5. The Labute approximate surface area is 140 Å². The van der Waals surface area contributed by atoms with E-state index >= 15 is 0 Å². The van der Waals surface area contributed by atoms with Gasteiger partial charge in [-0.3, -0.25) is 14.9 Å². The first-order valence-corrected chi connectivity index (χ1v) is 8.36. The maximum Gasteiger partial charge on any atom is 0.321 e. The Kier molecular flexibility index (Phi) is 5.17. The Morgan fingerprint density at radius 2 is 2.12 bits per heavy atom. The molecule has 0 unspecified atom stereocenters. The normalized spacial score (nSPS) is 24.6. The second-order valence-electron chi connectivity index (χ2n) is 6.61. The summed E-state index contributed by atoms with van der Waals surface area (Å²) < 4.78 is 10.0. The highest BCUT2D eigenvalue weighted by Gasteiger charge is 2.40. The average Bonchev–Trinajstić information content (AvgIpc) is 3.28. The van der Waals surface area contributed by atoms with Crippen molar-refractivity contribution in [2.45, 2.75) is 38.6 Å². The number of urea groups is 1. The Morgan fingerprint density at radius 1 is 1.25 bits per heavy atom.